The lowest BCUT2D eigenvalue weighted by atomic mass is 10.1. The third-order valence-electron chi connectivity index (χ3n) is 4.48. The second-order valence-electron chi connectivity index (χ2n) is 7.34. The van der Waals surface area contributed by atoms with Crippen LogP contribution >= 0.6 is 12.2 Å². The molecule has 0 aliphatic heterocycles. The Hall–Kier alpha value is -2.93. The molecule has 1 saturated carbocycles. The largest absolute Gasteiger partial charge is 0.491 e. The smallest absolute Gasteiger partial charge is 0.257 e. The van der Waals surface area contributed by atoms with Crippen LogP contribution in [0.2, 0.25) is 0 Å². The highest BCUT2D eigenvalue weighted by Gasteiger charge is 2.29. The number of thiocarbonyl (C=S) groups is 1. The number of amides is 2. The van der Waals surface area contributed by atoms with Crippen molar-refractivity contribution in [3.63, 3.8) is 0 Å². The summed E-state index contributed by atoms with van der Waals surface area (Å²) in [5.41, 5.74) is 2.76. The van der Waals surface area contributed by atoms with Crippen LogP contribution in [0.15, 0.2) is 42.5 Å². The molecule has 0 atom stereocenters. The molecule has 2 aromatic rings. The molecule has 0 spiro atoms. The maximum atomic E-state index is 12.5. The highest BCUT2D eigenvalue weighted by atomic mass is 32.1. The first-order valence-electron chi connectivity index (χ1n) is 9.63. The summed E-state index contributed by atoms with van der Waals surface area (Å²) in [5.74, 6) is 0.473. The number of nitrogens with one attached hydrogen (secondary N) is 3. The minimum atomic E-state index is -0.326. The second kappa shape index (κ2) is 9.05. The van der Waals surface area contributed by atoms with Gasteiger partial charge in [0.15, 0.2) is 5.11 Å². The van der Waals surface area contributed by atoms with E-state index in [0.29, 0.717) is 11.3 Å². The summed E-state index contributed by atoms with van der Waals surface area (Å²) in [6.07, 6.45) is 1.91. The summed E-state index contributed by atoms with van der Waals surface area (Å²) in [6, 6.07) is 12.5. The molecule has 152 valence electrons. The zero-order valence-corrected chi connectivity index (χ0v) is 17.6. The maximum Gasteiger partial charge on any atom is 0.257 e. The third kappa shape index (κ3) is 5.77. The van der Waals surface area contributed by atoms with Gasteiger partial charge < -0.3 is 15.4 Å². The summed E-state index contributed by atoms with van der Waals surface area (Å²) in [5, 5.41) is 8.84. The number of anilines is 2. The van der Waals surface area contributed by atoms with Gasteiger partial charge in [0.2, 0.25) is 5.91 Å². The first-order chi connectivity index (χ1) is 13.8. The Kier molecular flexibility index (Phi) is 6.49. The molecule has 3 N–H and O–H groups in total. The van der Waals surface area contributed by atoms with E-state index in [1.54, 1.807) is 24.3 Å². The van der Waals surface area contributed by atoms with Crippen molar-refractivity contribution >= 4 is 40.5 Å². The van der Waals surface area contributed by atoms with Crippen molar-refractivity contribution in [2.45, 2.75) is 39.7 Å². The lowest BCUT2D eigenvalue weighted by Crippen LogP contribution is -2.34. The van der Waals surface area contributed by atoms with Crippen LogP contribution < -0.4 is 20.7 Å². The molecule has 2 aromatic carbocycles. The summed E-state index contributed by atoms with van der Waals surface area (Å²) >= 11 is 5.30. The van der Waals surface area contributed by atoms with Crippen molar-refractivity contribution < 1.29 is 14.3 Å². The van der Waals surface area contributed by atoms with Crippen LogP contribution in [0.5, 0.6) is 5.75 Å². The molecule has 0 aromatic heterocycles. The molecule has 2 amide bonds. The van der Waals surface area contributed by atoms with Crippen LogP contribution in [0.4, 0.5) is 11.4 Å². The first-order valence-corrected chi connectivity index (χ1v) is 10.0. The van der Waals surface area contributed by atoms with Crippen LogP contribution in [0.3, 0.4) is 0 Å². The average Bonchev–Trinajstić information content (AvgIpc) is 3.50. The van der Waals surface area contributed by atoms with Crippen LogP contribution in [0.25, 0.3) is 0 Å². The van der Waals surface area contributed by atoms with Crippen molar-refractivity contribution in [3.8, 4) is 5.75 Å². The quantitative estimate of drug-likeness (QED) is 0.619. The summed E-state index contributed by atoms with van der Waals surface area (Å²) in [7, 11) is 0. The fourth-order valence-corrected chi connectivity index (χ4v) is 3.00. The molecule has 1 aliphatic rings. The SMILES string of the molecule is Cc1c(NC(=O)C2CC2)cccc1NC(=S)NC(=O)c1cccc(OC(C)C)c1. The highest BCUT2D eigenvalue weighted by molar-refractivity contribution is 7.80. The van der Waals surface area contributed by atoms with Gasteiger partial charge >= 0.3 is 0 Å². The molecule has 1 fully saturated rings. The number of hydrogen-bond acceptors (Lipinski definition) is 4. The Morgan fingerprint density at radius 3 is 2.38 bits per heavy atom. The van der Waals surface area contributed by atoms with E-state index < -0.39 is 0 Å². The number of ether oxygens (including phenoxy) is 1. The summed E-state index contributed by atoms with van der Waals surface area (Å²) in [4.78, 5) is 24.5. The molecule has 0 heterocycles. The monoisotopic (exact) mass is 411 g/mol. The molecular weight excluding hydrogens is 386 g/mol. The van der Waals surface area contributed by atoms with E-state index >= 15 is 0 Å². The molecule has 0 bridgehead atoms. The van der Waals surface area contributed by atoms with Gasteiger partial charge in [-0.05, 0) is 81.7 Å². The number of rotatable bonds is 6. The standard InChI is InChI=1S/C22H25N3O3S/c1-13(2)28-17-7-4-6-16(12-17)21(27)25-22(29)24-19-9-5-8-18(14(19)3)23-20(26)15-10-11-15/h4-9,12-13,15H,10-11H2,1-3H3,(H,23,26)(H2,24,25,27,29). The Morgan fingerprint density at radius 2 is 1.72 bits per heavy atom. The van der Waals surface area contributed by atoms with Gasteiger partial charge in [0.05, 0.1) is 6.10 Å². The van der Waals surface area contributed by atoms with Gasteiger partial charge in [-0.25, -0.2) is 0 Å². The molecule has 29 heavy (non-hydrogen) atoms. The first kappa shape index (κ1) is 20.8. The van der Waals surface area contributed by atoms with Gasteiger partial charge in [-0.2, -0.15) is 0 Å². The van der Waals surface area contributed by atoms with Crippen molar-refractivity contribution in [2.24, 2.45) is 5.92 Å². The zero-order valence-electron chi connectivity index (χ0n) is 16.7. The van der Waals surface area contributed by atoms with Gasteiger partial charge in [0.25, 0.3) is 5.91 Å². The van der Waals surface area contributed by atoms with Gasteiger partial charge in [0.1, 0.15) is 5.75 Å². The summed E-state index contributed by atoms with van der Waals surface area (Å²) in [6.45, 7) is 5.74. The molecule has 3 rings (SSSR count). The van der Waals surface area contributed by atoms with Crippen molar-refractivity contribution in [2.75, 3.05) is 10.6 Å². The normalized spacial score (nSPS) is 13.0. The fraction of sp³-hybridized carbons (Fsp3) is 0.318. The Bertz CT molecular complexity index is 939. The molecule has 1 aliphatic carbocycles. The Morgan fingerprint density at radius 1 is 1.07 bits per heavy atom. The molecule has 0 radical (unpaired) electrons. The topological polar surface area (TPSA) is 79.5 Å². The van der Waals surface area contributed by atoms with E-state index in [1.807, 2.05) is 39.0 Å². The molecule has 7 heteroatoms. The van der Waals surface area contributed by atoms with E-state index in [2.05, 4.69) is 16.0 Å². The number of carbonyl (C=O) groups excluding carboxylic acids is 2. The van der Waals surface area contributed by atoms with Crippen molar-refractivity contribution in [3.05, 3.63) is 53.6 Å². The molecule has 0 saturated heterocycles. The van der Waals surface area contributed by atoms with Crippen molar-refractivity contribution in [1.29, 1.82) is 0 Å². The fourth-order valence-electron chi connectivity index (χ4n) is 2.80. The van der Waals surface area contributed by atoms with E-state index in [9.17, 15) is 9.59 Å². The third-order valence-corrected chi connectivity index (χ3v) is 4.69. The molecule has 0 unspecified atom stereocenters. The Labute approximate surface area is 176 Å². The van der Waals surface area contributed by atoms with E-state index in [-0.39, 0.29) is 28.9 Å². The van der Waals surface area contributed by atoms with Gasteiger partial charge in [-0.1, -0.05) is 12.1 Å². The predicted octanol–water partition coefficient (Wildman–Crippen LogP) is 4.26. The highest BCUT2D eigenvalue weighted by Crippen LogP contribution is 2.31. The second-order valence-corrected chi connectivity index (χ2v) is 7.75. The number of carbonyl (C=O) groups is 2. The van der Waals surface area contributed by atoms with Crippen LogP contribution in [0, 0.1) is 12.8 Å². The van der Waals surface area contributed by atoms with E-state index in [0.717, 1.165) is 29.8 Å². The average molecular weight is 412 g/mol. The number of benzene rings is 2. The van der Waals surface area contributed by atoms with Crippen molar-refractivity contribution in [1.82, 2.24) is 5.32 Å². The zero-order chi connectivity index (χ0) is 21.0. The minimum Gasteiger partial charge on any atom is -0.491 e. The summed E-state index contributed by atoms with van der Waals surface area (Å²) < 4.78 is 5.62. The molecular formula is C22H25N3O3S. The van der Waals surface area contributed by atoms with Crippen LogP contribution in [-0.2, 0) is 4.79 Å². The maximum absolute atomic E-state index is 12.5. The number of hydrogen-bond donors (Lipinski definition) is 3. The van der Waals surface area contributed by atoms with Gasteiger partial charge in [-0.3, -0.25) is 14.9 Å². The van der Waals surface area contributed by atoms with E-state index in [1.165, 1.54) is 0 Å². The lowest BCUT2D eigenvalue weighted by molar-refractivity contribution is -0.117. The van der Waals surface area contributed by atoms with E-state index in [4.69, 9.17) is 17.0 Å². The van der Waals surface area contributed by atoms with Gasteiger partial charge in [0, 0.05) is 22.9 Å². The molecule has 6 nitrogen and oxygen atoms in total. The predicted molar refractivity (Wildman–Crippen MR) is 118 cm³/mol. The Balaban J connectivity index is 1.63. The van der Waals surface area contributed by atoms with Crippen LogP contribution in [0.1, 0.15) is 42.6 Å². The minimum absolute atomic E-state index is 0.0201. The lowest BCUT2D eigenvalue weighted by Gasteiger charge is -2.15. The van der Waals surface area contributed by atoms with Gasteiger partial charge in [-0.15, -0.1) is 0 Å². The van der Waals surface area contributed by atoms with Crippen LogP contribution in [-0.4, -0.2) is 23.0 Å².